The molecule has 0 unspecified atom stereocenters. The van der Waals surface area contributed by atoms with E-state index < -0.39 is 28.5 Å². The zero-order chi connectivity index (χ0) is 34.3. The Labute approximate surface area is 286 Å². The maximum atomic E-state index is 14.7. The summed E-state index contributed by atoms with van der Waals surface area (Å²) in [5.41, 5.74) is 5.23. The molecule has 7 nitrogen and oxygen atoms in total. The van der Waals surface area contributed by atoms with E-state index >= 15 is 0 Å². The SMILES string of the molecule is Cc1ccc(CN(C(=O)CN(c2ccc(C(C)C)cc2)S(=O)(=O)c2ccc(C)cc2)[C@H](Cc2ccccc2)C(=O)NC2CCCC2)cc1. The molecule has 8 heteroatoms. The van der Waals surface area contributed by atoms with Gasteiger partial charge < -0.3 is 10.2 Å². The van der Waals surface area contributed by atoms with Crippen LogP contribution in [0.25, 0.3) is 0 Å². The average Bonchev–Trinajstić information content (AvgIpc) is 3.59. The van der Waals surface area contributed by atoms with Crippen LogP contribution in [0.15, 0.2) is 108 Å². The van der Waals surface area contributed by atoms with E-state index in [1.807, 2.05) is 80.6 Å². The quantitative estimate of drug-likeness (QED) is 0.162. The van der Waals surface area contributed by atoms with Crippen LogP contribution in [0.4, 0.5) is 5.69 Å². The largest absolute Gasteiger partial charge is 0.352 e. The molecule has 1 N–H and O–H groups in total. The highest BCUT2D eigenvalue weighted by atomic mass is 32.2. The fourth-order valence-electron chi connectivity index (χ4n) is 6.20. The van der Waals surface area contributed by atoms with Crippen molar-refractivity contribution < 1.29 is 18.0 Å². The highest BCUT2D eigenvalue weighted by Crippen LogP contribution is 2.28. The molecular formula is C40H47N3O4S. The minimum Gasteiger partial charge on any atom is -0.352 e. The van der Waals surface area contributed by atoms with Crippen LogP contribution in [0, 0.1) is 13.8 Å². The minimum absolute atomic E-state index is 0.0602. The number of carbonyl (C=O) groups is 2. The molecule has 1 atom stereocenters. The molecule has 4 aromatic rings. The molecule has 48 heavy (non-hydrogen) atoms. The van der Waals surface area contributed by atoms with E-state index in [1.54, 1.807) is 41.3 Å². The summed E-state index contributed by atoms with van der Waals surface area (Å²) < 4.78 is 29.8. The molecule has 4 aromatic carbocycles. The number of hydrogen-bond acceptors (Lipinski definition) is 4. The van der Waals surface area contributed by atoms with Crippen molar-refractivity contribution >= 4 is 27.5 Å². The van der Waals surface area contributed by atoms with Gasteiger partial charge in [-0.15, -0.1) is 0 Å². The van der Waals surface area contributed by atoms with Crippen molar-refractivity contribution in [1.82, 2.24) is 10.2 Å². The second-order valence-electron chi connectivity index (χ2n) is 13.3. The molecular weight excluding hydrogens is 619 g/mol. The summed E-state index contributed by atoms with van der Waals surface area (Å²) >= 11 is 0. The van der Waals surface area contributed by atoms with Gasteiger partial charge in [0.15, 0.2) is 0 Å². The van der Waals surface area contributed by atoms with Crippen LogP contribution in [0.5, 0.6) is 0 Å². The summed E-state index contributed by atoms with van der Waals surface area (Å²) in [7, 11) is -4.15. The molecule has 252 valence electrons. The first-order valence-electron chi connectivity index (χ1n) is 16.9. The highest BCUT2D eigenvalue weighted by Gasteiger charge is 2.35. The van der Waals surface area contributed by atoms with Gasteiger partial charge in [0, 0.05) is 19.0 Å². The number of benzene rings is 4. The van der Waals surface area contributed by atoms with Gasteiger partial charge in [0.05, 0.1) is 10.6 Å². The van der Waals surface area contributed by atoms with E-state index in [4.69, 9.17) is 0 Å². The van der Waals surface area contributed by atoms with Crippen LogP contribution >= 0.6 is 0 Å². The number of nitrogens with one attached hydrogen (secondary N) is 1. The molecule has 1 aliphatic carbocycles. The Balaban J connectivity index is 1.57. The summed E-state index contributed by atoms with van der Waals surface area (Å²) in [6, 6.07) is 30.7. The van der Waals surface area contributed by atoms with Gasteiger partial charge in [0.2, 0.25) is 11.8 Å². The standard InChI is InChI=1S/C40H47N3O4S/c1-29(2)34-20-22-36(23-21-34)43(48(46,47)37-24-16-31(4)17-25-37)28-39(44)42(27-33-18-14-30(3)15-19-33)38(26-32-10-6-5-7-11-32)40(45)41-35-12-8-9-13-35/h5-7,10-11,14-25,29,35,38H,8-9,12-13,26-28H2,1-4H3,(H,41,45)/t38-/m1/s1. The van der Waals surface area contributed by atoms with E-state index in [2.05, 4.69) is 19.2 Å². The smallest absolute Gasteiger partial charge is 0.264 e. The van der Waals surface area contributed by atoms with E-state index in [1.165, 1.54) is 4.31 Å². The number of aryl methyl sites for hydroxylation is 2. The minimum atomic E-state index is -4.15. The van der Waals surface area contributed by atoms with Gasteiger partial charge in [-0.05, 0) is 73.6 Å². The van der Waals surface area contributed by atoms with E-state index in [9.17, 15) is 18.0 Å². The molecule has 1 fully saturated rings. The predicted molar refractivity (Wildman–Crippen MR) is 192 cm³/mol. The van der Waals surface area contributed by atoms with Crippen LogP contribution in [-0.2, 0) is 32.6 Å². The maximum Gasteiger partial charge on any atom is 0.264 e. The predicted octanol–water partition coefficient (Wildman–Crippen LogP) is 7.32. The second kappa shape index (κ2) is 15.6. The Hall–Kier alpha value is -4.43. The Morgan fingerprint density at radius 3 is 1.94 bits per heavy atom. The highest BCUT2D eigenvalue weighted by molar-refractivity contribution is 7.92. The molecule has 0 heterocycles. The molecule has 2 amide bonds. The maximum absolute atomic E-state index is 14.7. The number of sulfonamides is 1. The first-order chi connectivity index (χ1) is 23.0. The molecule has 1 saturated carbocycles. The molecule has 0 radical (unpaired) electrons. The first-order valence-corrected chi connectivity index (χ1v) is 18.3. The summed E-state index contributed by atoms with van der Waals surface area (Å²) in [5.74, 6) is -0.424. The molecule has 0 bridgehead atoms. The number of amides is 2. The lowest BCUT2D eigenvalue weighted by Gasteiger charge is -2.34. The summed E-state index contributed by atoms with van der Waals surface area (Å²) in [5, 5.41) is 3.23. The van der Waals surface area contributed by atoms with Crippen molar-refractivity contribution in [1.29, 1.82) is 0 Å². The third kappa shape index (κ3) is 8.72. The summed E-state index contributed by atoms with van der Waals surface area (Å²) in [6.45, 7) is 7.73. The van der Waals surface area contributed by atoms with E-state index in [-0.39, 0.29) is 29.3 Å². The van der Waals surface area contributed by atoms with Crippen molar-refractivity contribution in [3.63, 3.8) is 0 Å². The number of anilines is 1. The molecule has 0 aromatic heterocycles. The first kappa shape index (κ1) is 34.9. The van der Waals surface area contributed by atoms with Gasteiger partial charge >= 0.3 is 0 Å². The Morgan fingerprint density at radius 1 is 0.771 bits per heavy atom. The average molecular weight is 666 g/mol. The third-order valence-corrected chi connectivity index (χ3v) is 11.0. The number of rotatable bonds is 13. The Morgan fingerprint density at radius 2 is 1.35 bits per heavy atom. The van der Waals surface area contributed by atoms with E-state index in [0.717, 1.165) is 53.5 Å². The van der Waals surface area contributed by atoms with Gasteiger partial charge in [-0.3, -0.25) is 13.9 Å². The van der Waals surface area contributed by atoms with Crippen molar-refractivity contribution in [2.75, 3.05) is 10.8 Å². The van der Waals surface area contributed by atoms with Crippen molar-refractivity contribution in [3.05, 3.63) is 131 Å². The zero-order valence-corrected chi connectivity index (χ0v) is 29.2. The van der Waals surface area contributed by atoms with Gasteiger partial charge in [-0.25, -0.2) is 8.42 Å². The monoisotopic (exact) mass is 665 g/mol. The van der Waals surface area contributed by atoms with Crippen LogP contribution in [-0.4, -0.2) is 43.8 Å². The fraction of sp³-hybridized carbons (Fsp3) is 0.350. The van der Waals surface area contributed by atoms with Crippen molar-refractivity contribution in [2.24, 2.45) is 0 Å². The fourth-order valence-corrected chi connectivity index (χ4v) is 7.62. The van der Waals surface area contributed by atoms with Gasteiger partial charge in [-0.1, -0.05) is 117 Å². The number of carbonyl (C=O) groups excluding carboxylic acids is 2. The number of hydrogen-bond donors (Lipinski definition) is 1. The lowest BCUT2D eigenvalue weighted by atomic mass is 10.0. The van der Waals surface area contributed by atoms with Crippen LogP contribution in [0.1, 0.15) is 73.3 Å². The Kier molecular flexibility index (Phi) is 11.4. The molecule has 0 saturated heterocycles. The lowest BCUT2D eigenvalue weighted by molar-refractivity contribution is -0.140. The zero-order valence-electron chi connectivity index (χ0n) is 28.4. The molecule has 1 aliphatic rings. The van der Waals surface area contributed by atoms with Crippen LogP contribution in [0.2, 0.25) is 0 Å². The topological polar surface area (TPSA) is 86.8 Å². The normalized spacial score (nSPS) is 14.1. The second-order valence-corrected chi connectivity index (χ2v) is 15.1. The van der Waals surface area contributed by atoms with Crippen LogP contribution in [0.3, 0.4) is 0 Å². The molecule has 0 aliphatic heterocycles. The molecule has 5 rings (SSSR count). The van der Waals surface area contributed by atoms with Crippen molar-refractivity contribution in [2.45, 2.75) is 89.2 Å². The summed E-state index contributed by atoms with van der Waals surface area (Å²) in [6.07, 6.45) is 4.23. The summed E-state index contributed by atoms with van der Waals surface area (Å²) in [4.78, 5) is 30.6. The number of nitrogens with zero attached hydrogens (tertiary/aromatic N) is 2. The van der Waals surface area contributed by atoms with Gasteiger partial charge in [0.25, 0.3) is 10.0 Å². The van der Waals surface area contributed by atoms with Crippen molar-refractivity contribution in [3.8, 4) is 0 Å². The van der Waals surface area contributed by atoms with Gasteiger partial charge in [0.1, 0.15) is 12.6 Å². The Bertz CT molecular complexity index is 1770. The third-order valence-electron chi connectivity index (χ3n) is 9.18. The van der Waals surface area contributed by atoms with E-state index in [0.29, 0.717) is 12.1 Å². The van der Waals surface area contributed by atoms with Crippen LogP contribution < -0.4 is 9.62 Å². The molecule has 0 spiro atoms. The lowest BCUT2D eigenvalue weighted by Crippen LogP contribution is -2.54. The van der Waals surface area contributed by atoms with Gasteiger partial charge in [-0.2, -0.15) is 0 Å².